The molecule has 152 valence electrons. The SMILES string of the molecule is O=C(Nc1cn(Cc2ccc(C(F)(F)F)cc2)c2ccccc12)c1cc(I)ccn1. The minimum absolute atomic E-state index is 0.307. The second-order valence-corrected chi connectivity index (χ2v) is 7.94. The summed E-state index contributed by atoms with van der Waals surface area (Å²) in [6.45, 7) is 0.371. The van der Waals surface area contributed by atoms with Crippen molar-refractivity contribution in [1.82, 2.24) is 9.55 Å². The lowest BCUT2D eigenvalue weighted by molar-refractivity contribution is -0.137. The Morgan fingerprint density at radius 1 is 1.07 bits per heavy atom. The van der Waals surface area contributed by atoms with Gasteiger partial charge in [0.05, 0.1) is 16.8 Å². The lowest BCUT2D eigenvalue weighted by Gasteiger charge is -2.09. The van der Waals surface area contributed by atoms with Crippen molar-refractivity contribution in [3.8, 4) is 0 Å². The van der Waals surface area contributed by atoms with Gasteiger partial charge in [-0.1, -0.05) is 30.3 Å². The summed E-state index contributed by atoms with van der Waals surface area (Å²) in [4.78, 5) is 16.7. The Kier molecular flexibility index (Phi) is 5.50. The number of anilines is 1. The molecule has 0 unspecified atom stereocenters. The molecule has 0 atom stereocenters. The van der Waals surface area contributed by atoms with Gasteiger partial charge in [0.2, 0.25) is 0 Å². The summed E-state index contributed by atoms with van der Waals surface area (Å²) in [5.41, 5.74) is 1.83. The Labute approximate surface area is 183 Å². The zero-order chi connectivity index (χ0) is 21.3. The third kappa shape index (κ3) is 4.33. The number of rotatable bonds is 4. The summed E-state index contributed by atoms with van der Waals surface area (Å²) < 4.78 is 41.2. The Hall–Kier alpha value is -2.88. The first-order valence-electron chi connectivity index (χ1n) is 8.98. The highest BCUT2D eigenvalue weighted by Gasteiger charge is 2.29. The number of nitrogens with one attached hydrogen (secondary N) is 1. The van der Waals surface area contributed by atoms with Crippen molar-refractivity contribution in [2.45, 2.75) is 12.7 Å². The summed E-state index contributed by atoms with van der Waals surface area (Å²) in [5, 5.41) is 3.73. The number of fused-ring (bicyclic) bond motifs is 1. The minimum Gasteiger partial charge on any atom is -0.341 e. The summed E-state index contributed by atoms with van der Waals surface area (Å²) in [7, 11) is 0. The van der Waals surface area contributed by atoms with Crippen LogP contribution in [0, 0.1) is 3.57 Å². The van der Waals surface area contributed by atoms with Crippen LogP contribution in [0.15, 0.2) is 73.1 Å². The molecule has 0 saturated carbocycles. The van der Waals surface area contributed by atoms with Crippen molar-refractivity contribution >= 4 is 45.1 Å². The molecule has 0 radical (unpaired) electrons. The maximum Gasteiger partial charge on any atom is 0.416 e. The largest absolute Gasteiger partial charge is 0.416 e. The normalized spacial score (nSPS) is 11.6. The average Bonchev–Trinajstić information content (AvgIpc) is 3.05. The number of amides is 1. The number of benzene rings is 2. The number of hydrogen-bond acceptors (Lipinski definition) is 2. The van der Waals surface area contributed by atoms with Gasteiger partial charge in [-0.2, -0.15) is 13.2 Å². The lowest BCUT2D eigenvalue weighted by atomic mass is 10.1. The number of hydrogen-bond donors (Lipinski definition) is 1. The smallest absolute Gasteiger partial charge is 0.341 e. The van der Waals surface area contributed by atoms with Crippen LogP contribution in [-0.2, 0) is 12.7 Å². The first kappa shape index (κ1) is 20.4. The lowest BCUT2D eigenvalue weighted by Crippen LogP contribution is -2.13. The van der Waals surface area contributed by atoms with Crippen LogP contribution in [0.2, 0.25) is 0 Å². The van der Waals surface area contributed by atoms with E-state index in [4.69, 9.17) is 0 Å². The zero-order valence-corrected chi connectivity index (χ0v) is 17.6. The molecular formula is C22H15F3IN3O. The van der Waals surface area contributed by atoms with E-state index in [2.05, 4.69) is 32.9 Å². The molecule has 0 saturated heterocycles. The number of aromatic nitrogens is 2. The van der Waals surface area contributed by atoms with Crippen molar-refractivity contribution in [3.63, 3.8) is 0 Å². The fraction of sp³-hybridized carbons (Fsp3) is 0.0909. The first-order valence-corrected chi connectivity index (χ1v) is 10.1. The molecule has 1 amide bonds. The van der Waals surface area contributed by atoms with Crippen LogP contribution in [0.3, 0.4) is 0 Å². The molecule has 2 aromatic carbocycles. The molecule has 2 heterocycles. The van der Waals surface area contributed by atoms with Crippen LogP contribution in [0.25, 0.3) is 10.9 Å². The number of carbonyl (C=O) groups excluding carboxylic acids is 1. The van der Waals surface area contributed by atoms with E-state index in [-0.39, 0.29) is 5.91 Å². The molecule has 8 heteroatoms. The van der Waals surface area contributed by atoms with E-state index in [0.29, 0.717) is 17.9 Å². The molecular weight excluding hydrogens is 506 g/mol. The molecule has 0 aliphatic carbocycles. The van der Waals surface area contributed by atoms with E-state index < -0.39 is 11.7 Å². The van der Waals surface area contributed by atoms with Gasteiger partial charge in [0, 0.05) is 27.9 Å². The Morgan fingerprint density at radius 3 is 2.50 bits per heavy atom. The molecule has 1 N–H and O–H groups in total. The van der Waals surface area contributed by atoms with Gasteiger partial charge >= 0.3 is 6.18 Å². The fourth-order valence-corrected chi connectivity index (χ4v) is 3.64. The van der Waals surface area contributed by atoms with Crippen LogP contribution in [0.5, 0.6) is 0 Å². The van der Waals surface area contributed by atoms with Gasteiger partial charge in [-0.3, -0.25) is 9.78 Å². The van der Waals surface area contributed by atoms with Gasteiger partial charge in [-0.25, -0.2) is 0 Å². The maximum absolute atomic E-state index is 12.8. The highest BCUT2D eigenvalue weighted by molar-refractivity contribution is 14.1. The highest BCUT2D eigenvalue weighted by Crippen LogP contribution is 2.30. The van der Waals surface area contributed by atoms with Gasteiger partial charge in [0.15, 0.2) is 0 Å². The summed E-state index contributed by atoms with van der Waals surface area (Å²) in [5.74, 6) is -0.328. The van der Waals surface area contributed by atoms with Crippen molar-refractivity contribution in [2.24, 2.45) is 0 Å². The predicted octanol–water partition coefficient (Wildman–Crippen LogP) is 5.96. The standard InChI is InChI=1S/C22H15F3IN3O/c23-22(24,25)15-7-5-14(6-8-15)12-29-13-19(17-3-1-2-4-20(17)29)28-21(30)18-11-16(26)9-10-27-18/h1-11,13H,12H2,(H,28,30). The molecule has 0 spiro atoms. The van der Waals surface area contributed by atoms with Gasteiger partial charge in [-0.15, -0.1) is 0 Å². The van der Waals surface area contributed by atoms with Crippen LogP contribution < -0.4 is 5.32 Å². The second kappa shape index (κ2) is 8.10. The molecule has 4 rings (SSSR count). The molecule has 0 bridgehead atoms. The fourth-order valence-electron chi connectivity index (χ4n) is 3.19. The van der Waals surface area contributed by atoms with Gasteiger partial charge in [-0.05, 0) is 58.5 Å². The Bertz CT molecular complexity index is 1220. The van der Waals surface area contributed by atoms with Crippen LogP contribution in [0.4, 0.5) is 18.9 Å². The minimum atomic E-state index is -4.36. The van der Waals surface area contributed by atoms with Crippen molar-refractivity contribution in [1.29, 1.82) is 0 Å². The monoisotopic (exact) mass is 521 g/mol. The van der Waals surface area contributed by atoms with Gasteiger partial charge in [0.25, 0.3) is 5.91 Å². The quantitative estimate of drug-likeness (QED) is 0.337. The maximum atomic E-state index is 12.8. The Balaban J connectivity index is 1.63. The van der Waals surface area contributed by atoms with Crippen LogP contribution in [0.1, 0.15) is 21.6 Å². The molecule has 30 heavy (non-hydrogen) atoms. The van der Waals surface area contributed by atoms with E-state index in [9.17, 15) is 18.0 Å². The van der Waals surface area contributed by atoms with E-state index in [1.165, 1.54) is 12.1 Å². The number of carbonyl (C=O) groups is 1. The van der Waals surface area contributed by atoms with E-state index in [0.717, 1.165) is 32.2 Å². The topological polar surface area (TPSA) is 46.9 Å². The van der Waals surface area contributed by atoms with E-state index in [1.54, 1.807) is 24.5 Å². The van der Waals surface area contributed by atoms with Gasteiger partial charge < -0.3 is 9.88 Å². The van der Waals surface area contributed by atoms with E-state index in [1.807, 2.05) is 28.8 Å². The average molecular weight is 521 g/mol. The molecule has 4 nitrogen and oxygen atoms in total. The van der Waals surface area contributed by atoms with Gasteiger partial charge in [0.1, 0.15) is 5.69 Å². The van der Waals surface area contributed by atoms with Crippen molar-refractivity contribution in [2.75, 3.05) is 5.32 Å². The van der Waals surface area contributed by atoms with E-state index >= 15 is 0 Å². The predicted molar refractivity (Wildman–Crippen MR) is 117 cm³/mol. The first-order chi connectivity index (χ1) is 14.3. The highest BCUT2D eigenvalue weighted by atomic mass is 127. The number of halogens is 4. The second-order valence-electron chi connectivity index (χ2n) is 6.70. The summed E-state index contributed by atoms with van der Waals surface area (Å²) >= 11 is 2.11. The molecule has 0 aliphatic heterocycles. The van der Waals surface area contributed by atoms with Crippen molar-refractivity contribution < 1.29 is 18.0 Å². The number of nitrogens with zero attached hydrogens (tertiary/aromatic N) is 2. The molecule has 0 aliphatic rings. The number of para-hydroxylation sites is 1. The molecule has 2 aromatic heterocycles. The van der Waals surface area contributed by atoms with Crippen LogP contribution >= 0.6 is 22.6 Å². The number of pyridine rings is 1. The molecule has 4 aromatic rings. The van der Waals surface area contributed by atoms with Crippen molar-refractivity contribution in [3.05, 3.63) is 93.4 Å². The van der Waals surface area contributed by atoms with Crippen LogP contribution in [-0.4, -0.2) is 15.5 Å². The Morgan fingerprint density at radius 2 is 1.80 bits per heavy atom. The number of alkyl halides is 3. The third-order valence-electron chi connectivity index (χ3n) is 4.63. The summed E-state index contributed by atoms with van der Waals surface area (Å²) in [6.07, 6.45) is -1.00. The summed E-state index contributed by atoms with van der Waals surface area (Å²) in [6, 6.07) is 16.1. The molecule has 0 fully saturated rings. The zero-order valence-electron chi connectivity index (χ0n) is 15.4. The third-order valence-corrected chi connectivity index (χ3v) is 5.30.